The summed E-state index contributed by atoms with van der Waals surface area (Å²) in [5.41, 5.74) is 1.18. The van der Waals surface area contributed by atoms with Gasteiger partial charge in [-0.15, -0.1) is 0 Å². The van der Waals surface area contributed by atoms with Crippen molar-refractivity contribution in [2.24, 2.45) is 5.41 Å². The highest BCUT2D eigenvalue weighted by molar-refractivity contribution is 5.79. The van der Waals surface area contributed by atoms with Gasteiger partial charge in [0.15, 0.2) is 0 Å². The Hall–Kier alpha value is -3.08. The van der Waals surface area contributed by atoms with Gasteiger partial charge in [-0.2, -0.15) is 0 Å². The van der Waals surface area contributed by atoms with E-state index in [0.717, 1.165) is 0 Å². The molecular weight excluding hydrogens is 352 g/mol. The molecule has 0 atom stereocenters. The number of hydrogen-bond donors (Lipinski definition) is 1. The highest BCUT2D eigenvalue weighted by Crippen LogP contribution is 2.25. The highest BCUT2D eigenvalue weighted by Gasteiger charge is 2.23. The van der Waals surface area contributed by atoms with E-state index in [1.165, 1.54) is 9.36 Å². The number of carbonyl (C=O) groups excluding carboxylic acids is 1. The molecule has 28 heavy (non-hydrogen) atoms. The third-order valence-electron chi connectivity index (χ3n) is 4.50. The van der Waals surface area contributed by atoms with Crippen LogP contribution in [0.5, 0.6) is 5.88 Å². The fraction of sp³-hybridized carbons (Fsp3) is 0.304. The van der Waals surface area contributed by atoms with E-state index in [9.17, 15) is 14.7 Å². The number of ketones is 1. The van der Waals surface area contributed by atoms with E-state index < -0.39 is 0 Å². The summed E-state index contributed by atoms with van der Waals surface area (Å²) < 4.78 is 2.95. The molecular formula is C23H26N2O3. The molecule has 3 aromatic rings. The number of rotatable bonds is 6. The standard InChI is InChI=1S/C23H26N2O3/c1-23(2,3)16-19(26)14-15-20-21(27)24(17-10-6-4-7-11-17)25(22(20)28)18-12-8-5-9-13-18/h4-13,27H,14-16H2,1-3H3. The number of hydrogen-bond acceptors (Lipinski definition) is 3. The van der Waals surface area contributed by atoms with Gasteiger partial charge in [-0.25, -0.2) is 9.36 Å². The second kappa shape index (κ2) is 7.89. The molecule has 0 saturated carbocycles. The smallest absolute Gasteiger partial charge is 0.278 e. The summed E-state index contributed by atoms with van der Waals surface area (Å²) in [5, 5.41) is 10.9. The summed E-state index contributed by atoms with van der Waals surface area (Å²) in [6.45, 7) is 6.03. The first kappa shape index (κ1) is 19.7. The van der Waals surface area contributed by atoms with Crippen LogP contribution in [-0.2, 0) is 11.2 Å². The predicted molar refractivity (Wildman–Crippen MR) is 110 cm³/mol. The third kappa shape index (κ3) is 4.25. The molecule has 146 valence electrons. The van der Waals surface area contributed by atoms with Gasteiger partial charge in [0.1, 0.15) is 5.78 Å². The third-order valence-corrected chi connectivity index (χ3v) is 4.50. The van der Waals surface area contributed by atoms with Crippen LogP contribution in [0.3, 0.4) is 0 Å². The number of aromatic hydroxyl groups is 1. The van der Waals surface area contributed by atoms with Crippen molar-refractivity contribution in [2.75, 3.05) is 0 Å². The van der Waals surface area contributed by atoms with Crippen molar-refractivity contribution in [2.45, 2.75) is 40.0 Å². The normalized spacial score (nSPS) is 11.5. The molecule has 1 heterocycles. The second-order valence-corrected chi connectivity index (χ2v) is 8.18. The zero-order valence-corrected chi connectivity index (χ0v) is 16.6. The molecule has 0 radical (unpaired) electrons. The number of aromatic nitrogens is 2. The number of Topliss-reactive ketones (excluding diaryl/α,β-unsaturated/α-hetero) is 1. The zero-order valence-electron chi connectivity index (χ0n) is 16.6. The molecule has 0 aliphatic heterocycles. The molecule has 1 N–H and O–H groups in total. The molecule has 0 saturated heterocycles. The van der Waals surface area contributed by atoms with Crippen LogP contribution in [0.2, 0.25) is 0 Å². The lowest BCUT2D eigenvalue weighted by Crippen LogP contribution is -2.22. The van der Waals surface area contributed by atoms with Gasteiger partial charge in [0.25, 0.3) is 5.56 Å². The van der Waals surface area contributed by atoms with Crippen molar-refractivity contribution >= 4 is 5.78 Å². The second-order valence-electron chi connectivity index (χ2n) is 8.18. The summed E-state index contributed by atoms with van der Waals surface area (Å²) in [6.07, 6.45) is 0.889. The Morgan fingerprint density at radius 2 is 1.39 bits per heavy atom. The van der Waals surface area contributed by atoms with Crippen molar-refractivity contribution in [1.82, 2.24) is 9.36 Å². The van der Waals surface area contributed by atoms with Gasteiger partial charge in [-0.3, -0.25) is 9.59 Å². The van der Waals surface area contributed by atoms with Crippen LogP contribution in [0.15, 0.2) is 65.5 Å². The van der Waals surface area contributed by atoms with Crippen molar-refractivity contribution in [3.05, 3.63) is 76.6 Å². The average Bonchev–Trinajstić information content (AvgIpc) is 2.90. The SMILES string of the molecule is CC(C)(C)CC(=O)CCc1c(O)n(-c2ccccc2)n(-c2ccccc2)c1=O. The predicted octanol–water partition coefficient (Wildman–Crippen LogP) is 4.27. The molecule has 0 fully saturated rings. The first-order chi connectivity index (χ1) is 13.3. The Kier molecular flexibility index (Phi) is 5.54. The maximum atomic E-state index is 13.2. The molecule has 0 bridgehead atoms. The Bertz CT molecular complexity index is 1010. The van der Waals surface area contributed by atoms with Crippen molar-refractivity contribution in [1.29, 1.82) is 0 Å². The Morgan fingerprint density at radius 1 is 0.893 bits per heavy atom. The summed E-state index contributed by atoms with van der Waals surface area (Å²) in [4.78, 5) is 25.4. The first-order valence-corrected chi connectivity index (χ1v) is 9.46. The van der Waals surface area contributed by atoms with Gasteiger partial charge < -0.3 is 5.11 Å². The van der Waals surface area contributed by atoms with E-state index in [2.05, 4.69) is 0 Å². The first-order valence-electron chi connectivity index (χ1n) is 9.46. The molecule has 0 amide bonds. The van der Waals surface area contributed by atoms with Crippen LogP contribution in [-0.4, -0.2) is 20.3 Å². The molecule has 1 aromatic heterocycles. The van der Waals surface area contributed by atoms with Crippen LogP contribution in [0.4, 0.5) is 0 Å². The van der Waals surface area contributed by atoms with Gasteiger partial charge in [0, 0.05) is 12.8 Å². The van der Waals surface area contributed by atoms with E-state index in [1.807, 2.05) is 81.4 Å². The van der Waals surface area contributed by atoms with E-state index in [0.29, 0.717) is 17.8 Å². The highest BCUT2D eigenvalue weighted by atomic mass is 16.3. The van der Waals surface area contributed by atoms with Crippen LogP contribution >= 0.6 is 0 Å². The van der Waals surface area contributed by atoms with E-state index in [-0.39, 0.29) is 41.0 Å². The topological polar surface area (TPSA) is 64.2 Å². The quantitative estimate of drug-likeness (QED) is 0.697. The lowest BCUT2D eigenvalue weighted by atomic mass is 9.88. The average molecular weight is 378 g/mol. The minimum Gasteiger partial charge on any atom is -0.493 e. The van der Waals surface area contributed by atoms with Gasteiger partial charge in [-0.05, 0) is 36.1 Å². The van der Waals surface area contributed by atoms with E-state index in [4.69, 9.17) is 0 Å². The fourth-order valence-corrected chi connectivity index (χ4v) is 3.31. The maximum Gasteiger partial charge on any atom is 0.278 e. The molecule has 3 rings (SSSR count). The van der Waals surface area contributed by atoms with E-state index >= 15 is 0 Å². The van der Waals surface area contributed by atoms with Crippen molar-refractivity contribution < 1.29 is 9.90 Å². The molecule has 5 heteroatoms. The van der Waals surface area contributed by atoms with Gasteiger partial charge in [0.2, 0.25) is 5.88 Å². The van der Waals surface area contributed by atoms with Crippen molar-refractivity contribution in [3.8, 4) is 17.3 Å². The largest absolute Gasteiger partial charge is 0.493 e. The van der Waals surface area contributed by atoms with Crippen molar-refractivity contribution in [3.63, 3.8) is 0 Å². The van der Waals surface area contributed by atoms with Gasteiger partial charge in [0.05, 0.1) is 16.9 Å². The van der Waals surface area contributed by atoms with Crippen LogP contribution in [0.1, 0.15) is 39.2 Å². The molecule has 0 spiro atoms. The Morgan fingerprint density at radius 3 is 1.89 bits per heavy atom. The lowest BCUT2D eigenvalue weighted by Gasteiger charge is -2.16. The molecule has 0 aliphatic carbocycles. The summed E-state index contributed by atoms with van der Waals surface area (Å²) in [5.74, 6) is -0.0337. The summed E-state index contributed by atoms with van der Waals surface area (Å²) in [7, 11) is 0. The Labute approximate surface area is 164 Å². The minimum atomic E-state index is -0.309. The molecule has 2 aromatic carbocycles. The monoisotopic (exact) mass is 378 g/mol. The van der Waals surface area contributed by atoms with Crippen LogP contribution < -0.4 is 5.56 Å². The fourth-order valence-electron chi connectivity index (χ4n) is 3.31. The zero-order chi connectivity index (χ0) is 20.3. The minimum absolute atomic E-state index is 0.0880. The lowest BCUT2D eigenvalue weighted by molar-refractivity contribution is -0.120. The molecule has 5 nitrogen and oxygen atoms in total. The molecule has 0 aliphatic rings. The number of carbonyl (C=O) groups is 1. The van der Waals surface area contributed by atoms with E-state index in [1.54, 1.807) is 0 Å². The summed E-state index contributed by atoms with van der Waals surface area (Å²) >= 11 is 0. The van der Waals surface area contributed by atoms with Crippen LogP contribution in [0, 0.1) is 5.41 Å². The summed E-state index contributed by atoms with van der Waals surface area (Å²) in [6, 6.07) is 18.4. The number of nitrogens with zero attached hydrogens (tertiary/aromatic N) is 2. The number of benzene rings is 2. The number of para-hydroxylation sites is 2. The Balaban J connectivity index is 2.04. The van der Waals surface area contributed by atoms with Crippen LogP contribution in [0.25, 0.3) is 11.4 Å². The van der Waals surface area contributed by atoms with Gasteiger partial charge in [-0.1, -0.05) is 57.2 Å². The van der Waals surface area contributed by atoms with Gasteiger partial charge >= 0.3 is 0 Å². The molecule has 0 unspecified atom stereocenters. The maximum absolute atomic E-state index is 13.2.